The SMILES string of the molecule is CCN(C)C(=O)c1csc(S(=O)(=O)Cl)c1. The number of nitrogens with zero attached hydrogens (tertiary/aromatic N) is 1. The first-order valence-electron chi connectivity index (χ1n) is 4.15. The lowest BCUT2D eigenvalue weighted by molar-refractivity contribution is 0.0803. The fraction of sp³-hybridized carbons (Fsp3) is 0.375. The van der Waals surface area contributed by atoms with Crippen molar-refractivity contribution in [2.45, 2.75) is 11.1 Å². The number of hydrogen-bond acceptors (Lipinski definition) is 4. The highest BCUT2D eigenvalue weighted by molar-refractivity contribution is 8.15. The molecule has 1 amide bonds. The largest absolute Gasteiger partial charge is 0.342 e. The van der Waals surface area contributed by atoms with E-state index in [1.165, 1.54) is 16.3 Å². The topological polar surface area (TPSA) is 54.5 Å². The van der Waals surface area contributed by atoms with E-state index in [0.717, 1.165) is 11.3 Å². The fourth-order valence-corrected chi connectivity index (χ4v) is 2.86. The zero-order chi connectivity index (χ0) is 11.6. The molecule has 0 aliphatic rings. The molecular weight excluding hydrogens is 258 g/mol. The predicted octanol–water partition coefficient (Wildman–Crippen LogP) is 1.77. The molecule has 0 radical (unpaired) electrons. The summed E-state index contributed by atoms with van der Waals surface area (Å²) in [6, 6.07) is 1.29. The zero-order valence-electron chi connectivity index (χ0n) is 8.23. The Morgan fingerprint density at radius 2 is 2.20 bits per heavy atom. The van der Waals surface area contributed by atoms with Gasteiger partial charge in [-0.05, 0) is 13.0 Å². The monoisotopic (exact) mass is 267 g/mol. The number of hydrogen-bond donors (Lipinski definition) is 0. The minimum Gasteiger partial charge on any atom is -0.342 e. The van der Waals surface area contributed by atoms with E-state index in [0.29, 0.717) is 12.1 Å². The lowest BCUT2D eigenvalue weighted by Crippen LogP contribution is -2.25. The Morgan fingerprint density at radius 1 is 1.60 bits per heavy atom. The van der Waals surface area contributed by atoms with Gasteiger partial charge in [-0.25, -0.2) is 8.42 Å². The number of halogens is 1. The van der Waals surface area contributed by atoms with Crippen LogP contribution in [0.25, 0.3) is 0 Å². The van der Waals surface area contributed by atoms with Crippen LogP contribution in [0.4, 0.5) is 0 Å². The van der Waals surface area contributed by atoms with Gasteiger partial charge in [-0.2, -0.15) is 0 Å². The number of thiophene rings is 1. The molecule has 0 aromatic carbocycles. The molecule has 0 saturated carbocycles. The first-order chi connectivity index (χ1) is 6.86. The van der Waals surface area contributed by atoms with E-state index >= 15 is 0 Å². The van der Waals surface area contributed by atoms with Gasteiger partial charge in [0.1, 0.15) is 4.21 Å². The van der Waals surface area contributed by atoms with Crippen LogP contribution in [-0.2, 0) is 9.05 Å². The van der Waals surface area contributed by atoms with Crippen molar-refractivity contribution in [3.8, 4) is 0 Å². The van der Waals surface area contributed by atoms with Crippen molar-refractivity contribution in [1.29, 1.82) is 0 Å². The first-order valence-corrected chi connectivity index (χ1v) is 7.33. The van der Waals surface area contributed by atoms with Gasteiger partial charge in [-0.1, -0.05) is 0 Å². The summed E-state index contributed by atoms with van der Waals surface area (Å²) in [5.41, 5.74) is 0.351. The number of carbonyl (C=O) groups excluding carboxylic acids is 1. The van der Waals surface area contributed by atoms with Gasteiger partial charge in [-0.15, -0.1) is 11.3 Å². The minimum atomic E-state index is -3.73. The number of carbonyl (C=O) groups is 1. The lowest BCUT2D eigenvalue weighted by atomic mass is 10.3. The molecule has 1 aromatic heterocycles. The summed E-state index contributed by atoms with van der Waals surface area (Å²) in [5.74, 6) is -0.208. The van der Waals surface area contributed by atoms with Gasteiger partial charge in [0.25, 0.3) is 15.0 Å². The molecular formula is C8H10ClNO3S2. The van der Waals surface area contributed by atoms with Crippen LogP contribution in [0, 0.1) is 0 Å². The van der Waals surface area contributed by atoms with Crippen molar-refractivity contribution in [3.63, 3.8) is 0 Å². The Labute approximate surface area is 96.9 Å². The first kappa shape index (κ1) is 12.5. The highest BCUT2D eigenvalue weighted by Gasteiger charge is 2.17. The van der Waals surface area contributed by atoms with Crippen LogP contribution < -0.4 is 0 Å². The maximum atomic E-state index is 11.6. The maximum Gasteiger partial charge on any atom is 0.270 e. The van der Waals surface area contributed by atoms with E-state index in [1.54, 1.807) is 7.05 Å². The van der Waals surface area contributed by atoms with Crippen LogP contribution in [0.5, 0.6) is 0 Å². The van der Waals surface area contributed by atoms with Crippen LogP contribution in [-0.4, -0.2) is 32.8 Å². The standard InChI is InChI=1S/C8H10ClNO3S2/c1-3-10(2)8(11)6-4-7(14-5-6)15(9,12)13/h4-5H,3H2,1-2H3. The van der Waals surface area contributed by atoms with Crippen LogP contribution in [0.1, 0.15) is 17.3 Å². The van der Waals surface area contributed by atoms with Crippen molar-refractivity contribution < 1.29 is 13.2 Å². The molecule has 4 nitrogen and oxygen atoms in total. The number of amides is 1. The second-order valence-electron chi connectivity index (χ2n) is 2.91. The molecule has 1 heterocycles. The van der Waals surface area contributed by atoms with Gasteiger partial charge in [0.2, 0.25) is 0 Å². The Balaban J connectivity index is 3.00. The van der Waals surface area contributed by atoms with Crippen molar-refractivity contribution in [3.05, 3.63) is 17.0 Å². The van der Waals surface area contributed by atoms with Gasteiger partial charge in [0.05, 0.1) is 5.56 Å². The Morgan fingerprint density at radius 3 is 2.60 bits per heavy atom. The Kier molecular flexibility index (Phi) is 3.75. The molecule has 0 aliphatic carbocycles. The van der Waals surface area contributed by atoms with Crippen LogP contribution in [0.15, 0.2) is 15.7 Å². The van der Waals surface area contributed by atoms with E-state index in [-0.39, 0.29) is 10.1 Å². The molecule has 0 atom stereocenters. The summed E-state index contributed by atoms with van der Waals surface area (Å²) >= 11 is 0.945. The zero-order valence-corrected chi connectivity index (χ0v) is 10.6. The normalized spacial score (nSPS) is 11.4. The molecule has 7 heteroatoms. The molecule has 0 fully saturated rings. The molecule has 1 rings (SSSR count). The van der Waals surface area contributed by atoms with E-state index in [1.807, 2.05) is 6.92 Å². The van der Waals surface area contributed by atoms with Crippen LogP contribution in [0.3, 0.4) is 0 Å². The molecule has 0 N–H and O–H groups in total. The summed E-state index contributed by atoms with van der Waals surface area (Å²) in [5, 5.41) is 1.49. The van der Waals surface area contributed by atoms with Crippen molar-refractivity contribution >= 4 is 37.0 Å². The Bertz CT molecular complexity index is 466. The second-order valence-corrected chi connectivity index (χ2v) is 6.62. The van der Waals surface area contributed by atoms with Crippen molar-refractivity contribution in [1.82, 2.24) is 4.90 Å². The van der Waals surface area contributed by atoms with Gasteiger partial charge in [-0.3, -0.25) is 4.79 Å². The van der Waals surface area contributed by atoms with Gasteiger partial charge < -0.3 is 4.90 Å². The molecule has 1 aromatic rings. The fourth-order valence-electron chi connectivity index (χ4n) is 0.921. The third-order valence-corrected chi connectivity index (χ3v) is 4.92. The third kappa shape index (κ3) is 2.93. The van der Waals surface area contributed by atoms with Crippen LogP contribution >= 0.6 is 22.0 Å². The average Bonchev–Trinajstić information content (AvgIpc) is 2.63. The highest BCUT2D eigenvalue weighted by atomic mass is 35.7. The quantitative estimate of drug-likeness (QED) is 0.785. The minimum absolute atomic E-state index is 0.00276. The van der Waals surface area contributed by atoms with E-state index in [9.17, 15) is 13.2 Å². The molecule has 0 unspecified atom stereocenters. The molecule has 0 bridgehead atoms. The summed E-state index contributed by atoms with van der Waals surface area (Å²) < 4.78 is 21.9. The molecule has 15 heavy (non-hydrogen) atoms. The summed E-state index contributed by atoms with van der Waals surface area (Å²) in [6.45, 7) is 2.40. The van der Waals surface area contributed by atoms with Crippen molar-refractivity contribution in [2.75, 3.05) is 13.6 Å². The second kappa shape index (κ2) is 4.51. The van der Waals surface area contributed by atoms with Crippen LogP contribution in [0.2, 0.25) is 0 Å². The van der Waals surface area contributed by atoms with E-state index in [4.69, 9.17) is 10.7 Å². The molecule has 0 aliphatic heterocycles. The Hall–Kier alpha value is -0.590. The molecule has 84 valence electrons. The molecule has 0 spiro atoms. The van der Waals surface area contributed by atoms with Gasteiger partial charge >= 0.3 is 0 Å². The van der Waals surface area contributed by atoms with Gasteiger partial charge in [0, 0.05) is 29.7 Å². The highest BCUT2D eigenvalue weighted by Crippen LogP contribution is 2.24. The summed E-state index contributed by atoms with van der Waals surface area (Å²) in [4.78, 5) is 13.1. The molecule has 0 saturated heterocycles. The van der Waals surface area contributed by atoms with Crippen molar-refractivity contribution in [2.24, 2.45) is 0 Å². The van der Waals surface area contributed by atoms with E-state index < -0.39 is 9.05 Å². The average molecular weight is 268 g/mol. The van der Waals surface area contributed by atoms with E-state index in [2.05, 4.69) is 0 Å². The third-order valence-electron chi connectivity index (χ3n) is 1.88. The summed E-state index contributed by atoms with van der Waals surface area (Å²) in [6.07, 6.45) is 0. The lowest BCUT2D eigenvalue weighted by Gasteiger charge is -2.12. The number of rotatable bonds is 3. The van der Waals surface area contributed by atoms with Gasteiger partial charge in [0.15, 0.2) is 0 Å². The maximum absolute atomic E-state index is 11.6. The predicted molar refractivity (Wildman–Crippen MR) is 60.0 cm³/mol. The summed E-state index contributed by atoms with van der Waals surface area (Å²) in [7, 11) is 3.07. The smallest absolute Gasteiger partial charge is 0.270 e.